The summed E-state index contributed by atoms with van der Waals surface area (Å²) in [5, 5.41) is 3.05. The molecule has 0 aromatic rings. The van der Waals surface area contributed by atoms with Crippen molar-refractivity contribution in [1.82, 2.24) is 5.32 Å². The van der Waals surface area contributed by atoms with Crippen LogP contribution in [0, 0.1) is 11.8 Å². The summed E-state index contributed by atoms with van der Waals surface area (Å²) in [7, 11) is -0.682. The zero-order valence-electron chi connectivity index (χ0n) is 6.44. The molecule has 0 heterocycles. The smallest absolute Gasteiger partial charge is 0.0576 e. The average molecular weight is 159 g/mol. The van der Waals surface area contributed by atoms with Gasteiger partial charge in [-0.25, -0.2) is 0 Å². The molecule has 0 amide bonds. The van der Waals surface area contributed by atoms with Crippen molar-refractivity contribution < 1.29 is 4.21 Å². The van der Waals surface area contributed by atoms with Gasteiger partial charge in [0.05, 0.1) is 6.54 Å². The van der Waals surface area contributed by atoms with Gasteiger partial charge in [-0.3, -0.25) is 4.21 Å². The molecule has 0 aromatic carbocycles. The molecule has 0 radical (unpaired) electrons. The van der Waals surface area contributed by atoms with E-state index >= 15 is 0 Å². The van der Waals surface area contributed by atoms with Gasteiger partial charge in [0.25, 0.3) is 0 Å². The number of hydrogen-bond acceptors (Lipinski definition) is 2. The lowest BCUT2D eigenvalue weighted by Gasteiger charge is -1.95. The number of nitrogens with one attached hydrogen (secondary N) is 1. The second kappa shape index (κ2) is 6.79. The Balaban J connectivity index is 3.03. The van der Waals surface area contributed by atoms with Crippen molar-refractivity contribution in [3.05, 3.63) is 0 Å². The largest absolute Gasteiger partial charge is 0.305 e. The fourth-order valence-electron chi connectivity index (χ4n) is 0.455. The molecule has 1 N–H and O–H groups in total. The summed E-state index contributed by atoms with van der Waals surface area (Å²) in [4.78, 5) is 0. The highest BCUT2D eigenvalue weighted by Crippen LogP contribution is 1.69. The summed E-state index contributed by atoms with van der Waals surface area (Å²) in [6.07, 6.45) is 1.70. The molecule has 0 aromatic heterocycles. The van der Waals surface area contributed by atoms with Crippen molar-refractivity contribution in [1.29, 1.82) is 0 Å². The molecule has 0 aliphatic carbocycles. The van der Waals surface area contributed by atoms with E-state index in [-0.39, 0.29) is 0 Å². The Morgan fingerprint density at radius 3 is 2.80 bits per heavy atom. The third-order valence-corrected chi connectivity index (χ3v) is 1.74. The van der Waals surface area contributed by atoms with Crippen molar-refractivity contribution in [3.63, 3.8) is 0 Å². The van der Waals surface area contributed by atoms with Crippen LogP contribution < -0.4 is 5.32 Å². The van der Waals surface area contributed by atoms with Gasteiger partial charge in [0.1, 0.15) is 0 Å². The quantitative estimate of drug-likeness (QED) is 0.461. The summed E-state index contributed by atoms with van der Waals surface area (Å²) in [6.45, 7) is 3.30. The Bertz CT molecular complexity index is 157. The van der Waals surface area contributed by atoms with E-state index in [2.05, 4.69) is 17.2 Å². The van der Waals surface area contributed by atoms with Gasteiger partial charge in [-0.1, -0.05) is 5.92 Å². The zero-order valence-corrected chi connectivity index (χ0v) is 7.25. The zero-order chi connectivity index (χ0) is 7.82. The molecular formula is C7H13NOS. The molecule has 0 aliphatic heterocycles. The van der Waals surface area contributed by atoms with Gasteiger partial charge in [-0.05, 0) is 6.92 Å². The van der Waals surface area contributed by atoms with Crippen molar-refractivity contribution >= 4 is 10.8 Å². The maximum atomic E-state index is 10.5. The van der Waals surface area contributed by atoms with Crippen molar-refractivity contribution in [2.45, 2.75) is 6.92 Å². The predicted molar refractivity (Wildman–Crippen MR) is 45.3 cm³/mol. The van der Waals surface area contributed by atoms with Crippen LogP contribution in [0.15, 0.2) is 0 Å². The molecule has 0 saturated carbocycles. The molecule has 0 rings (SSSR count). The van der Waals surface area contributed by atoms with Gasteiger partial charge >= 0.3 is 0 Å². The average Bonchev–Trinajstić information content (AvgIpc) is 1.87. The summed E-state index contributed by atoms with van der Waals surface area (Å²) in [5.41, 5.74) is 0. The molecule has 1 atom stereocenters. The Hall–Kier alpha value is -0.330. The highest BCUT2D eigenvalue weighted by Gasteiger charge is 1.87. The summed E-state index contributed by atoms with van der Waals surface area (Å²) < 4.78 is 10.5. The standard InChI is InChI=1S/C7H13NOS/c1-3-4-5-8-6-7-10(2)9/h8H,5-7H2,1-2H3. The van der Waals surface area contributed by atoms with E-state index in [9.17, 15) is 4.21 Å². The Labute approximate surface area is 64.9 Å². The Morgan fingerprint density at radius 1 is 1.60 bits per heavy atom. The molecule has 0 saturated heterocycles. The fraction of sp³-hybridized carbons (Fsp3) is 0.714. The Morgan fingerprint density at radius 2 is 2.30 bits per heavy atom. The lowest BCUT2D eigenvalue weighted by Crippen LogP contribution is -2.20. The highest BCUT2D eigenvalue weighted by molar-refractivity contribution is 7.84. The van der Waals surface area contributed by atoms with E-state index in [1.807, 2.05) is 0 Å². The predicted octanol–water partition coefficient (Wildman–Crippen LogP) is -0.0222. The first-order chi connectivity index (χ1) is 4.77. The molecule has 0 aliphatic rings. The third kappa shape index (κ3) is 7.67. The molecule has 58 valence electrons. The van der Waals surface area contributed by atoms with E-state index in [0.717, 1.165) is 6.54 Å². The van der Waals surface area contributed by atoms with Crippen molar-refractivity contribution in [2.75, 3.05) is 25.1 Å². The lowest BCUT2D eigenvalue weighted by atomic mass is 10.6. The Kier molecular flexibility index (Phi) is 6.56. The van der Waals surface area contributed by atoms with Gasteiger partial charge in [-0.2, -0.15) is 0 Å². The highest BCUT2D eigenvalue weighted by atomic mass is 32.2. The van der Waals surface area contributed by atoms with Crippen LogP contribution in [0.5, 0.6) is 0 Å². The van der Waals surface area contributed by atoms with Crippen LogP contribution in [0.3, 0.4) is 0 Å². The van der Waals surface area contributed by atoms with Crippen LogP contribution in [-0.4, -0.2) is 29.3 Å². The topological polar surface area (TPSA) is 29.1 Å². The summed E-state index contributed by atoms with van der Waals surface area (Å²) in [5.74, 6) is 6.34. The van der Waals surface area contributed by atoms with Crippen molar-refractivity contribution in [2.24, 2.45) is 0 Å². The second-order valence-corrected chi connectivity index (χ2v) is 3.44. The van der Waals surface area contributed by atoms with E-state index in [4.69, 9.17) is 0 Å². The van der Waals surface area contributed by atoms with Gasteiger partial charge in [0.15, 0.2) is 0 Å². The fourth-order valence-corrected chi connectivity index (χ4v) is 0.887. The molecular weight excluding hydrogens is 146 g/mol. The van der Waals surface area contributed by atoms with E-state index < -0.39 is 10.8 Å². The van der Waals surface area contributed by atoms with E-state index in [1.165, 1.54) is 0 Å². The maximum Gasteiger partial charge on any atom is 0.0576 e. The van der Waals surface area contributed by atoms with E-state index in [0.29, 0.717) is 12.3 Å². The molecule has 0 bridgehead atoms. The molecule has 10 heavy (non-hydrogen) atoms. The third-order valence-electron chi connectivity index (χ3n) is 0.956. The van der Waals surface area contributed by atoms with Crippen molar-refractivity contribution in [3.8, 4) is 11.8 Å². The minimum atomic E-state index is -0.682. The van der Waals surface area contributed by atoms with Gasteiger partial charge in [-0.15, -0.1) is 5.92 Å². The van der Waals surface area contributed by atoms with Gasteiger partial charge < -0.3 is 5.32 Å². The van der Waals surface area contributed by atoms with Crippen LogP contribution in [-0.2, 0) is 10.8 Å². The summed E-state index contributed by atoms with van der Waals surface area (Å²) in [6, 6.07) is 0. The van der Waals surface area contributed by atoms with Gasteiger partial charge in [0, 0.05) is 29.4 Å². The number of rotatable bonds is 4. The SMILES string of the molecule is CC#CCNCCS(C)=O. The monoisotopic (exact) mass is 159 g/mol. The molecule has 1 unspecified atom stereocenters. The molecule has 2 nitrogen and oxygen atoms in total. The summed E-state index contributed by atoms with van der Waals surface area (Å²) >= 11 is 0. The van der Waals surface area contributed by atoms with Crippen LogP contribution in [0.2, 0.25) is 0 Å². The first-order valence-electron chi connectivity index (χ1n) is 3.17. The van der Waals surface area contributed by atoms with Crippen LogP contribution in [0.25, 0.3) is 0 Å². The molecule has 0 spiro atoms. The van der Waals surface area contributed by atoms with Gasteiger partial charge in [0.2, 0.25) is 0 Å². The first-order valence-corrected chi connectivity index (χ1v) is 4.90. The van der Waals surface area contributed by atoms with Crippen LogP contribution >= 0.6 is 0 Å². The first kappa shape index (κ1) is 9.67. The minimum Gasteiger partial charge on any atom is -0.305 e. The van der Waals surface area contributed by atoms with Crippen LogP contribution in [0.1, 0.15) is 6.92 Å². The normalized spacial score (nSPS) is 11.8. The minimum absolute atomic E-state index is 0.682. The second-order valence-electron chi connectivity index (χ2n) is 1.88. The maximum absolute atomic E-state index is 10.5. The van der Waals surface area contributed by atoms with E-state index in [1.54, 1.807) is 13.2 Å². The van der Waals surface area contributed by atoms with Crippen LogP contribution in [0.4, 0.5) is 0 Å². The molecule has 0 fully saturated rings. The number of hydrogen-bond donors (Lipinski definition) is 1. The lowest BCUT2D eigenvalue weighted by molar-refractivity contribution is 0.682. The molecule has 3 heteroatoms.